The second-order valence-electron chi connectivity index (χ2n) is 4.99. The lowest BCUT2D eigenvalue weighted by atomic mass is 9.92. The highest BCUT2D eigenvalue weighted by molar-refractivity contribution is 5.22. The Morgan fingerprint density at radius 3 is 2.61 bits per heavy atom. The number of aromatic nitrogens is 1. The van der Waals surface area contributed by atoms with Crippen LogP contribution in [0.25, 0.3) is 0 Å². The molecule has 0 radical (unpaired) electrons. The fraction of sp³-hybridized carbons (Fsp3) is 0.615. The van der Waals surface area contributed by atoms with Gasteiger partial charge in [0.25, 0.3) is 0 Å². The molecule has 18 heavy (non-hydrogen) atoms. The smallest absolute Gasteiger partial charge is 0.122 e. The topological polar surface area (TPSA) is 65.8 Å². The van der Waals surface area contributed by atoms with E-state index in [2.05, 4.69) is 4.98 Å². The Morgan fingerprint density at radius 1 is 1.39 bits per heavy atom. The number of pyridine rings is 1. The molecule has 5 nitrogen and oxygen atoms in total. The third-order valence-corrected chi connectivity index (χ3v) is 2.87. The van der Waals surface area contributed by atoms with Crippen LogP contribution in [0, 0.1) is 5.41 Å². The summed E-state index contributed by atoms with van der Waals surface area (Å²) in [6, 6.07) is 3.68. The van der Waals surface area contributed by atoms with Gasteiger partial charge < -0.3 is 14.9 Å². The summed E-state index contributed by atoms with van der Waals surface area (Å²) in [4.78, 5) is 6.28. The van der Waals surface area contributed by atoms with Crippen molar-refractivity contribution < 1.29 is 14.9 Å². The van der Waals surface area contributed by atoms with E-state index in [0.717, 1.165) is 11.4 Å². The molecule has 0 saturated carbocycles. The van der Waals surface area contributed by atoms with Gasteiger partial charge in [0.05, 0.1) is 26.0 Å². The van der Waals surface area contributed by atoms with Gasteiger partial charge in [-0.05, 0) is 13.1 Å². The summed E-state index contributed by atoms with van der Waals surface area (Å²) in [6.45, 7) is 3.01. The molecule has 1 heterocycles. The Hall–Kier alpha value is -1.17. The van der Waals surface area contributed by atoms with Crippen LogP contribution in [0.4, 0.5) is 0 Å². The van der Waals surface area contributed by atoms with Crippen molar-refractivity contribution >= 4 is 0 Å². The first-order valence-electron chi connectivity index (χ1n) is 5.92. The minimum absolute atomic E-state index is 0.0423. The number of hydrogen-bond acceptors (Lipinski definition) is 5. The maximum Gasteiger partial charge on any atom is 0.122 e. The fourth-order valence-electron chi connectivity index (χ4n) is 1.80. The molecule has 0 atom stereocenters. The molecule has 0 spiro atoms. The van der Waals surface area contributed by atoms with Crippen molar-refractivity contribution in [1.29, 1.82) is 0 Å². The number of methoxy groups -OCH3 is 1. The van der Waals surface area contributed by atoms with Gasteiger partial charge in [0.15, 0.2) is 0 Å². The van der Waals surface area contributed by atoms with Crippen LogP contribution in [0.3, 0.4) is 0 Å². The van der Waals surface area contributed by atoms with Crippen LogP contribution in [-0.4, -0.2) is 54.0 Å². The molecule has 0 fully saturated rings. The molecule has 1 aromatic rings. The van der Waals surface area contributed by atoms with E-state index >= 15 is 0 Å². The first-order valence-corrected chi connectivity index (χ1v) is 5.92. The van der Waals surface area contributed by atoms with Crippen molar-refractivity contribution in [2.75, 3.05) is 33.9 Å². The van der Waals surface area contributed by atoms with Crippen LogP contribution >= 0.6 is 0 Å². The van der Waals surface area contributed by atoms with Crippen molar-refractivity contribution in [3.8, 4) is 5.75 Å². The number of aliphatic hydroxyl groups is 2. The third kappa shape index (κ3) is 4.25. The van der Waals surface area contributed by atoms with Crippen LogP contribution in [-0.2, 0) is 6.54 Å². The third-order valence-electron chi connectivity index (χ3n) is 2.87. The Bertz CT molecular complexity index is 367. The van der Waals surface area contributed by atoms with Gasteiger partial charge in [0, 0.05) is 30.8 Å². The summed E-state index contributed by atoms with van der Waals surface area (Å²) in [7, 11) is 3.56. The van der Waals surface area contributed by atoms with Crippen molar-refractivity contribution in [3.05, 3.63) is 24.0 Å². The zero-order valence-corrected chi connectivity index (χ0v) is 11.3. The molecule has 2 N–H and O–H groups in total. The minimum Gasteiger partial charge on any atom is -0.497 e. The summed E-state index contributed by atoms with van der Waals surface area (Å²) in [5.74, 6) is 0.778. The van der Waals surface area contributed by atoms with Gasteiger partial charge in [-0.1, -0.05) is 6.92 Å². The molecule has 1 rings (SSSR count). The highest BCUT2D eigenvalue weighted by atomic mass is 16.5. The Kier molecular flexibility index (Phi) is 5.53. The van der Waals surface area contributed by atoms with Crippen molar-refractivity contribution in [2.45, 2.75) is 13.5 Å². The molecule has 1 aromatic heterocycles. The zero-order valence-electron chi connectivity index (χ0n) is 11.3. The monoisotopic (exact) mass is 254 g/mol. The lowest BCUT2D eigenvalue weighted by Crippen LogP contribution is -2.38. The number of ether oxygens (including phenoxy) is 1. The maximum atomic E-state index is 9.26. The molecular formula is C13H22N2O3. The van der Waals surface area contributed by atoms with E-state index in [0.29, 0.717) is 13.1 Å². The Balaban J connectivity index is 2.61. The second kappa shape index (κ2) is 6.68. The summed E-state index contributed by atoms with van der Waals surface area (Å²) in [6.07, 6.45) is 1.71. The molecule has 0 aliphatic rings. The van der Waals surface area contributed by atoms with E-state index in [1.165, 1.54) is 0 Å². The highest BCUT2D eigenvalue weighted by Crippen LogP contribution is 2.17. The highest BCUT2D eigenvalue weighted by Gasteiger charge is 2.24. The van der Waals surface area contributed by atoms with Crippen molar-refractivity contribution in [1.82, 2.24) is 9.88 Å². The summed E-state index contributed by atoms with van der Waals surface area (Å²) in [5.41, 5.74) is 0.406. The minimum atomic E-state index is -0.492. The normalized spacial score (nSPS) is 11.9. The second-order valence-corrected chi connectivity index (χ2v) is 4.99. The summed E-state index contributed by atoms with van der Waals surface area (Å²) in [5, 5.41) is 18.5. The van der Waals surface area contributed by atoms with Gasteiger partial charge in [-0.2, -0.15) is 0 Å². The molecule has 0 aliphatic carbocycles. The van der Waals surface area contributed by atoms with Crippen LogP contribution < -0.4 is 4.74 Å². The molecule has 5 heteroatoms. The fourth-order valence-corrected chi connectivity index (χ4v) is 1.80. The molecule has 0 unspecified atom stereocenters. The number of hydrogen-bond donors (Lipinski definition) is 2. The first kappa shape index (κ1) is 14.9. The lowest BCUT2D eigenvalue weighted by Gasteiger charge is -2.30. The SMILES string of the molecule is COc1ccnc(CN(C)CC(C)(CO)CO)c1. The molecule has 0 aromatic carbocycles. The van der Waals surface area contributed by atoms with E-state index in [4.69, 9.17) is 4.74 Å². The summed E-state index contributed by atoms with van der Waals surface area (Å²) >= 11 is 0. The van der Waals surface area contributed by atoms with E-state index in [-0.39, 0.29) is 13.2 Å². The predicted molar refractivity (Wildman–Crippen MR) is 69.4 cm³/mol. The maximum absolute atomic E-state index is 9.26. The van der Waals surface area contributed by atoms with Gasteiger partial charge in [-0.3, -0.25) is 9.88 Å². The lowest BCUT2D eigenvalue weighted by molar-refractivity contribution is 0.0399. The average molecular weight is 254 g/mol. The Morgan fingerprint density at radius 2 is 2.06 bits per heavy atom. The van der Waals surface area contributed by atoms with Gasteiger partial charge in [0.1, 0.15) is 5.75 Å². The largest absolute Gasteiger partial charge is 0.497 e. The molecule has 0 amide bonds. The van der Waals surface area contributed by atoms with E-state index in [9.17, 15) is 10.2 Å². The molecule has 0 aliphatic heterocycles. The molecule has 0 bridgehead atoms. The standard InChI is InChI=1S/C13H22N2O3/c1-13(9-16,10-17)8-15(2)7-11-6-12(18-3)4-5-14-11/h4-6,16-17H,7-10H2,1-3H3. The molecular weight excluding hydrogens is 232 g/mol. The molecule has 0 saturated heterocycles. The average Bonchev–Trinajstić information content (AvgIpc) is 2.38. The predicted octanol–water partition coefficient (Wildman–Crippen LogP) is 0.513. The number of aliphatic hydroxyl groups excluding tert-OH is 2. The van der Waals surface area contributed by atoms with Crippen molar-refractivity contribution in [3.63, 3.8) is 0 Å². The van der Waals surface area contributed by atoms with Gasteiger partial charge in [0.2, 0.25) is 0 Å². The van der Waals surface area contributed by atoms with Gasteiger partial charge >= 0.3 is 0 Å². The van der Waals surface area contributed by atoms with Crippen LogP contribution in [0.5, 0.6) is 5.75 Å². The van der Waals surface area contributed by atoms with Crippen LogP contribution in [0.1, 0.15) is 12.6 Å². The number of rotatable bonds is 7. The van der Waals surface area contributed by atoms with Crippen LogP contribution in [0.15, 0.2) is 18.3 Å². The van der Waals surface area contributed by atoms with Gasteiger partial charge in [-0.15, -0.1) is 0 Å². The van der Waals surface area contributed by atoms with E-state index < -0.39 is 5.41 Å². The van der Waals surface area contributed by atoms with Gasteiger partial charge in [-0.25, -0.2) is 0 Å². The Labute approximate surface area is 108 Å². The van der Waals surface area contributed by atoms with Crippen molar-refractivity contribution in [2.24, 2.45) is 5.41 Å². The quantitative estimate of drug-likeness (QED) is 0.742. The first-order chi connectivity index (χ1) is 8.53. The van der Waals surface area contributed by atoms with E-state index in [1.807, 2.05) is 24.9 Å². The zero-order chi connectivity index (χ0) is 13.6. The van der Waals surface area contributed by atoms with E-state index in [1.54, 1.807) is 19.4 Å². The summed E-state index contributed by atoms with van der Waals surface area (Å²) < 4.78 is 5.14. The molecule has 102 valence electrons. The van der Waals surface area contributed by atoms with Crippen LogP contribution in [0.2, 0.25) is 0 Å². The number of nitrogens with zero attached hydrogens (tertiary/aromatic N) is 2.